The molecule has 0 radical (unpaired) electrons. The lowest BCUT2D eigenvalue weighted by Crippen LogP contribution is -2.43. The van der Waals surface area contributed by atoms with Crippen LogP contribution in [-0.2, 0) is 9.59 Å². The Morgan fingerprint density at radius 2 is 1.92 bits per heavy atom. The molecule has 1 unspecified atom stereocenters. The molecule has 2 aromatic rings. The second-order valence-corrected chi connectivity index (χ2v) is 6.04. The summed E-state index contributed by atoms with van der Waals surface area (Å²) in [7, 11) is 0. The molecule has 1 atom stereocenters. The van der Waals surface area contributed by atoms with Crippen molar-refractivity contribution in [1.82, 2.24) is 4.90 Å². The van der Waals surface area contributed by atoms with Gasteiger partial charge in [-0.15, -0.1) is 0 Å². The molecular weight excluding hydrogens is 314 g/mol. The first-order valence-corrected chi connectivity index (χ1v) is 8.34. The molecule has 25 heavy (non-hydrogen) atoms. The summed E-state index contributed by atoms with van der Waals surface area (Å²) in [6.07, 6.45) is 2.23. The molecule has 3 rings (SSSR count). The molecule has 1 saturated heterocycles. The van der Waals surface area contributed by atoms with Crippen molar-refractivity contribution >= 4 is 17.5 Å². The van der Waals surface area contributed by atoms with Gasteiger partial charge in [-0.05, 0) is 36.6 Å². The maximum atomic E-state index is 13.0. The molecule has 5 heteroatoms. The van der Waals surface area contributed by atoms with Crippen LogP contribution >= 0.6 is 0 Å². The van der Waals surface area contributed by atoms with Gasteiger partial charge < -0.3 is 10.2 Å². The summed E-state index contributed by atoms with van der Waals surface area (Å²) in [6.45, 7) is 0.573. The summed E-state index contributed by atoms with van der Waals surface area (Å²) < 4.78 is 0. The third-order valence-corrected chi connectivity index (χ3v) is 4.29. The minimum Gasteiger partial charge on any atom is -0.327 e. The van der Waals surface area contributed by atoms with Crippen molar-refractivity contribution in [2.24, 2.45) is 0 Å². The molecular formula is C20H19N3O2. The maximum Gasteiger partial charge on any atom is 0.251 e. The van der Waals surface area contributed by atoms with E-state index >= 15 is 0 Å². The molecule has 1 fully saturated rings. The van der Waals surface area contributed by atoms with E-state index in [1.807, 2.05) is 30.3 Å². The predicted octanol–water partition coefficient (Wildman–Crippen LogP) is 3.25. The van der Waals surface area contributed by atoms with Gasteiger partial charge in [0.1, 0.15) is 6.04 Å². The largest absolute Gasteiger partial charge is 0.327 e. The Morgan fingerprint density at radius 1 is 1.12 bits per heavy atom. The Hall–Kier alpha value is -3.13. The van der Waals surface area contributed by atoms with E-state index in [-0.39, 0.29) is 11.8 Å². The highest BCUT2D eigenvalue weighted by Gasteiger charge is 2.32. The van der Waals surface area contributed by atoms with E-state index in [1.165, 1.54) is 0 Å². The molecule has 1 N–H and O–H groups in total. The van der Waals surface area contributed by atoms with Gasteiger partial charge in [0.2, 0.25) is 5.91 Å². The van der Waals surface area contributed by atoms with Gasteiger partial charge in [0.15, 0.2) is 0 Å². The lowest BCUT2D eigenvalue weighted by Gasteiger charge is -2.34. The molecule has 0 bridgehead atoms. The number of carbonyl (C=O) groups is 2. The van der Waals surface area contributed by atoms with Gasteiger partial charge in [0.05, 0.1) is 11.6 Å². The quantitative estimate of drug-likeness (QED) is 0.933. The topological polar surface area (TPSA) is 73.2 Å². The molecule has 1 aliphatic heterocycles. The molecule has 0 aliphatic carbocycles. The molecule has 2 amide bonds. The number of hydrogen-bond acceptors (Lipinski definition) is 3. The van der Waals surface area contributed by atoms with Crippen molar-refractivity contribution in [3.63, 3.8) is 0 Å². The van der Waals surface area contributed by atoms with Crippen LogP contribution in [0.15, 0.2) is 54.6 Å². The monoisotopic (exact) mass is 333 g/mol. The normalized spacial score (nSPS) is 15.3. The lowest BCUT2D eigenvalue weighted by atomic mass is 10.0. The first-order chi connectivity index (χ1) is 12.2. The number of anilines is 1. The van der Waals surface area contributed by atoms with E-state index in [9.17, 15) is 9.59 Å². The highest BCUT2D eigenvalue weighted by molar-refractivity contribution is 5.98. The van der Waals surface area contributed by atoms with E-state index in [2.05, 4.69) is 11.4 Å². The second-order valence-electron chi connectivity index (χ2n) is 6.04. The fraction of sp³-hybridized carbons (Fsp3) is 0.250. The van der Waals surface area contributed by atoms with Gasteiger partial charge in [-0.1, -0.05) is 36.4 Å². The van der Waals surface area contributed by atoms with Crippen LogP contribution in [0.5, 0.6) is 0 Å². The van der Waals surface area contributed by atoms with Gasteiger partial charge in [-0.2, -0.15) is 5.26 Å². The number of rotatable bonds is 4. The first-order valence-electron chi connectivity index (χ1n) is 8.34. The summed E-state index contributed by atoms with van der Waals surface area (Å²) in [5.74, 6) is -0.266. The second kappa shape index (κ2) is 7.63. The first kappa shape index (κ1) is 16.7. The Labute approximate surface area is 146 Å². The number of hydrogen-bond donors (Lipinski definition) is 1. The maximum absolute atomic E-state index is 13.0. The third kappa shape index (κ3) is 3.86. The highest BCUT2D eigenvalue weighted by atomic mass is 16.2. The van der Waals surface area contributed by atoms with Crippen molar-refractivity contribution in [2.45, 2.75) is 25.3 Å². The molecule has 2 aromatic carbocycles. The SMILES string of the molecule is N#Cc1cccc(NC(=O)C(c2ccccc2)N2CCCCC2=O)c1. The molecule has 1 aliphatic rings. The Balaban J connectivity index is 1.89. The van der Waals surface area contributed by atoms with Crippen LogP contribution in [0.4, 0.5) is 5.69 Å². The van der Waals surface area contributed by atoms with Crippen molar-refractivity contribution in [2.75, 3.05) is 11.9 Å². The average Bonchev–Trinajstić information content (AvgIpc) is 2.64. The van der Waals surface area contributed by atoms with Gasteiger partial charge in [0.25, 0.3) is 5.91 Å². The standard InChI is InChI=1S/C20H19N3O2/c21-14-15-7-6-10-17(13-15)22-20(25)19(16-8-2-1-3-9-16)23-12-5-4-11-18(23)24/h1-3,6-10,13,19H,4-5,11-12H2,(H,22,25). The fourth-order valence-electron chi connectivity index (χ4n) is 3.09. The van der Waals surface area contributed by atoms with Gasteiger partial charge >= 0.3 is 0 Å². The smallest absolute Gasteiger partial charge is 0.251 e. The zero-order chi connectivity index (χ0) is 17.6. The van der Waals surface area contributed by atoms with Gasteiger partial charge in [0, 0.05) is 18.7 Å². The predicted molar refractivity (Wildman–Crippen MR) is 94.5 cm³/mol. The van der Waals surface area contributed by atoms with Crippen molar-refractivity contribution < 1.29 is 9.59 Å². The number of piperidine rings is 1. The minimum absolute atomic E-state index is 0.000952. The lowest BCUT2D eigenvalue weighted by molar-refractivity contribution is -0.141. The van der Waals surface area contributed by atoms with Crippen LogP contribution in [0, 0.1) is 11.3 Å². The van der Waals surface area contributed by atoms with Crippen molar-refractivity contribution in [3.05, 3.63) is 65.7 Å². The average molecular weight is 333 g/mol. The molecule has 0 aromatic heterocycles. The molecule has 1 heterocycles. The van der Waals surface area contributed by atoms with Gasteiger partial charge in [-0.25, -0.2) is 0 Å². The number of amides is 2. The molecule has 0 saturated carbocycles. The van der Waals surface area contributed by atoms with Crippen LogP contribution in [0.2, 0.25) is 0 Å². The van der Waals surface area contributed by atoms with Crippen LogP contribution in [0.3, 0.4) is 0 Å². The number of nitriles is 1. The van der Waals surface area contributed by atoms with E-state index in [0.717, 1.165) is 18.4 Å². The molecule has 126 valence electrons. The van der Waals surface area contributed by atoms with Crippen LogP contribution in [0.25, 0.3) is 0 Å². The minimum atomic E-state index is -0.667. The van der Waals surface area contributed by atoms with E-state index < -0.39 is 6.04 Å². The summed E-state index contributed by atoms with van der Waals surface area (Å²) in [5, 5.41) is 11.9. The molecule has 5 nitrogen and oxygen atoms in total. The number of carbonyl (C=O) groups excluding carboxylic acids is 2. The van der Waals surface area contributed by atoms with Gasteiger partial charge in [-0.3, -0.25) is 9.59 Å². The van der Waals surface area contributed by atoms with E-state index in [1.54, 1.807) is 29.2 Å². The Bertz CT molecular complexity index is 811. The van der Waals surface area contributed by atoms with E-state index in [0.29, 0.717) is 24.2 Å². The van der Waals surface area contributed by atoms with Crippen LogP contribution in [-0.4, -0.2) is 23.3 Å². The van der Waals surface area contributed by atoms with Crippen LogP contribution in [0.1, 0.15) is 36.4 Å². The van der Waals surface area contributed by atoms with Crippen molar-refractivity contribution in [3.8, 4) is 6.07 Å². The highest BCUT2D eigenvalue weighted by Crippen LogP contribution is 2.27. The number of benzene rings is 2. The summed E-state index contributed by atoms with van der Waals surface area (Å²) in [5.41, 5.74) is 1.81. The van der Waals surface area contributed by atoms with Crippen molar-refractivity contribution in [1.29, 1.82) is 5.26 Å². The zero-order valence-electron chi connectivity index (χ0n) is 13.8. The van der Waals surface area contributed by atoms with E-state index in [4.69, 9.17) is 5.26 Å². The summed E-state index contributed by atoms with van der Waals surface area (Å²) >= 11 is 0. The van der Waals surface area contributed by atoms with Crippen LogP contribution < -0.4 is 5.32 Å². The number of nitrogens with zero attached hydrogens (tertiary/aromatic N) is 2. The summed E-state index contributed by atoms with van der Waals surface area (Å²) in [4.78, 5) is 27.0. The fourth-order valence-corrected chi connectivity index (χ4v) is 3.09. The molecule has 0 spiro atoms. The Morgan fingerprint density at radius 3 is 2.64 bits per heavy atom. The Kier molecular flexibility index (Phi) is 5.10. The zero-order valence-corrected chi connectivity index (χ0v) is 13.8. The third-order valence-electron chi connectivity index (χ3n) is 4.29. The number of nitrogens with one attached hydrogen (secondary N) is 1. The number of likely N-dealkylation sites (tertiary alicyclic amines) is 1. The summed E-state index contributed by atoms with van der Waals surface area (Å²) in [6, 6.07) is 17.5.